The van der Waals surface area contributed by atoms with E-state index in [1.807, 2.05) is 60.7 Å². The number of aromatic nitrogens is 2. The van der Waals surface area contributed by atoms with Crippen LogP contribution in [0.1, 0.15) is 11.4 Å². The third-order valence-corrected chi connectivity index (χ3v) is 3.73. The maximum Gasteiger partial charge on any atom is 0.267 e. The first-order valence-corrected chi connectivity index (χ1v) is 7.41. The molecular weight excluding hydrogens is 319 g/mol. The fourth-order valence-electron chi connectivity index (χ4n) is 2.03. The number of benzene rings is 2. The van der Waals surface area contributed by atoms with Gasteiger partial charge in [0.15, 0.2) is 5.82 Å². The van der Waals surface area contributed by atoms with Gasteiger partial charge >= 0.3 is 0 Å². The van der Waals surface area contributed by atoms with Gasteiger partial charge in [0.05, 0.1) is 0 Å². The van der Waals surface area contributed by atoms with Gasteiger partial charge in [-0.3, -0.25) is 0 Å². The summed E-state index contributed by atoms with van der Waals surface area (Å²) in [5.74, 6) is 0.904. The third-order valence-electron chi connectivity index (χ3n) is 3.06. The molecule has 0 aliphatic heterocycles. The molecule has 0 aliphatic carbocycles. The molecule has 0 aliphatic rings. The van der Waals surface area contributed by atoms with Crippen molar-refractivity contribution in [2.75, 3.05) is 0 Å². The molecule has 3 rings (SSSR count). The average Bonchev–Trinajstić information content (AvgIpc) is 2.56. The Morgan fingerprint density at radius 3 is 2.14 bits per heavy atom. The van der Waals surface area contributed by atoms with E-state index in [1.54, 1.807) is 12.3 Å². The van der Waals surface area contributed by atoms with Gasteiger partial charge in [-0.2, -0.15) is 0 Å². The monoisotopic (exact) mass is 330 g/mol. The van der Waals surface area contributed by atoms with Gasteiger partial charge in [-0.15, -0.1) is 0 Å². The molecule has 0 radical (unpaired) electrons. The van der Waals surface area contributed by atoms with E-state index in [1.165, 1.54) is 0 Å². The molecule has 1 heterocycles. The summed E-state index contributed by atoms with van der Waals surface area (Å²) in [4.78, 5) is 8.45. The molecule has 0 saturated carbocycles. The number of nitrogens with zero attached hydrogens (tertiary/aromatic N) is 2. The topological polar surface area (TPSA) is 35.0 Å². The number of alkyl halides is 1. The highest BCUT2D eigenvalue weighted by atomic mass is 35.5. The Labute approximate surface area is 138 Å². The van der Waals surface area contributed by atoms with E-state index in [0.717, 1.165) is 5.56 Å². The Morgan fingerprint density at radius 1 is 0.864 bits per heavy atom. The molecule has 2 aromatic carbocycles. The molecule has 0 fully saturated rings. The maximum absolute atomic E-state index is 6.79. The zero-order valence-corrected chi connectivity index (χ0v) is 13.0. The molecule has 0 N–H and O–H groups in total. The first-order valence-electron chi connectivity index (χ1n) is 6.66. The Balaban J connectivity index is 2.10. The molecule has 1 aromatic heterocycles. The number of para-hydroxylation sites is 1. The van der Waals surface area contributed by atoms with Crippen LogP contribution in [-0.2, 0) is 5.06 Å². The summed E-state index contributed by atoms with van der Waals surface area (Å²) in [6.07, 6.45) is 1.55. The smallest absolute Gasteiger partial charge is 0.267 e. The van der Waals surface area contributed by atoms with E-state index in [-0.39, 0.29) is 5.82 Å². The molecule has 0 saturated heterocycles. The number of hydrogen-bond acceptors (Lipinski definition) is 3. The van der Waals surface area contributed by atoms with Crippen molar-refractivity contribution in [2.24, 2.45) is 0 Å². The lowest BCUT2D eigenvalue weighted by molar-refractivity contribution is 0.191. The van der Waals surface area contributed by atoms with Crippen molar-refractivity contribution >= 4 is 23.2 Å². The Morgan fingerprint density at radius 2 is 1.50 bits per heavy atom. The van der Waals surface area contributed by atoms with E-state index in [4.69, 9.17) is 27.9 Å². The van der Waals surface area contributed by atoms with Gasteiger partial charge in [-0.1, -0.05) is 71.7 Å². The second kappa shape index (κ2) is 6.34. The zero-order chi connectivity index (χ0) is 15.4. The van der Waals surface area contributed by atoms with E-state index in [9.17, 15) is 0 Å². The second-order valence-corrected chi connectivity index (χ2v) is 5.50. The summed E-state index contributed by atoms with van der Waals surface area (Å²) in [7, 11) is 0. The highest BCUT2D eigenvalue weighted by molar-refractivity contribution is 6.29. The van der Waals surface area contributed by atoms with Crippen LogP contribution in [0.2, 0.25) is 5.15 Å². The lowest BCUT2D eigenvalue weighted by atomic mass is 10.1. The van der Waals surface area contributed by atoms with Crippen LogP contribution in [-0.4, -0.2) is 9.97 Å². The Hall–Kier alpha value is -2.10. The molecule has 1 unspecified atom stereocenters. The zero-order valence-electron chi connectivity index (χ0n) is 11.5. The minimum atomic E-state index is -1.35. The fourth-order valence-corrected chi connectivity index (χ4v) is 2.47. The van der Waals surface area contributed by atoms with E-state index >= 15 is 0 Å². The molecule has 0 bridgehead atoms. The predicted octanol–water partition coefficient (Wildman–Crippen LogP) is 4.65. The van der Waals surface area contributed by atoms with Crippen molar-refractivity contribution in [3.8, 4) is 5.75 Å². The van der Waals surface area contributed by atoms with Gasteiger partial charge in [0.25, 0.3) is 5.06 Å². The van der Waals surface area contributed by atoms with Crippen LogP contribution in [0.4, 0.5) is 0 Å². The van der Waals surface area contributed by atoms with Crippen molar-refractivity contribution in [1.82, 2.24) is 9.97 Å². The lowest BCUT2D eigenvalue weighted by Crippen LogP contribution is -2.30. The number of rotatable bonds is 4. The SMILES string of the molecule is Clc1ccnc(C(Cl)(Oc2ccccc2)c2ccccc2)n1. The van der Waals surface area contributed by atoms with Crippen LogP contribution in [0, 0.1) is 0 Å². The van der Waals surface area contributed by atoms with Gasteiger partial charge in [0, 0.05) is 11.8 Å². The lowest BCUT2D eigenvalue weighted by Gasteiger charge is -2.27. The van der Waals surface area contributed by atoms with Crippen molar-refractivity contribution < 1.29 is 4.74 Å². The largest absolute Gasteiger partial charge is 0.460 e. The summed E-state index contributed by atoms with van der Waals surface area (Å²) in [6.45, 7) is 0. The van der Waals surface area contributed by atoms with Gasteiger partial charge in [-0.25, -0.2) is 9.97 Å². The molecule has 0 amide bonds. The van der Waals surface area contributed by atoms with Crippen molar-refractivity contribution in [3.63, 3.8) is 0 Å². The minimum Gasteiger partial charge on any atom is -0.460 e. The Bertz CT molecular complexity index is 753. The first kappa shape index (κ1) is 14.8. The molecular formula is C17H12Cl2N2O. The van der Waals surface area contributed by atoms with Crippen LogP contribution >= 0.6 is 23.2 Å². The summed E-state index contributed by atoms with van der Waals surface area (Å²) in [5, 5.41) is -1.05. The molecule has 22 heavy (non-hydrogen) atoms. The van der Waals surface area contributed by atoms with Crippen molar-refractivity contribution in [2.45, 2.75) is 5.06 Å². The first-order chi connectivity index (χ1) is 10.7. The van der Waals surface area contributed by atoms with Gasteiger partial charge in [-0.05, 0) is 18.2 Å². The summed E-state index contributed by atoms with van der Waals surface area (Å²) in [5.41, 5.74) is 0.725. The van der Waals surface area contributed by atoms with Crippen LogP contribution < -0.4 is 4.74 Å². The number of ether oxygens (including phenoxy) is 1. The second-order valence-electron chi connectivity index (χ2n) is 4.58. The average molecular weight is 331 g/mol. The van der Waals surface area contributed by atoms with Gasteiger partial charge in [0.1, 0.15) is 10.9 Å². The number of halogens is 2. The predicted molar refractivity (Wildman–Crippen MR) is 87.2 cm³/mol. The van der Waals surface area contributed by atoms with Crippen molar-refractivity contribution in [3.05, 3.63) is 89.5 Å². The molecule has 3 nitrogen and oxygen atoms in total. The summed E-state index contributed by atoms with van der Waals surface area (Å²) < 4.78 is 6.01. The Kier molecular flexibility index (Phi) is 4.27. The van der Waals surface area contributed by atoms with Crippen LogP contribution in [0.5, 0.6) is 5.75 Å². The van der Waals surface area contributed by atoms with E-state index in [2.05, 4.69) is 9.97 Å². The highest BCUT2D eigenvalue weighted by Gasteiger charge is 2.38. The van der Waals surface area contributed by atoms with E-state index in [0.29, 0.717) is 10.9 Å². The minimum absolute atomic E-state index is 0.289. The molecule has 3 aromatic rings. The molecule has 110 valence electrons. The summed E-state index contributed by atoms with van der Waals surface area (Å²) >= 11 is 12.8. The van der Waals surface area contributed by atoms with Crippen LogP contribution in [0.3, 0.4) is 0 Å². The standard InChI is InChI=1S/C17H12Cl2N2O/c18-15-11-12-20-16(21-15)17(19,13-7-3-1-4-8-13)22-14-9-5-2-6-10-14/h1-12H. The van der Waals surface area contributed by atoms with E-state index < -0.39 is 5.06 Å². The molecule has 5 heteroatoms. The summed E-state index contributed by atoms with van der Waals surface area (Å²) in [6, 6.07) is 20.3. The number of hydrogen-bond donors (Lipinski definition) is 0. The van der Waals surface area contributed by atoms with Crippen molar-refractivity contribution in [1.29, 1.82) is 0 Å². The molecule has 0 spiro atoms. The van der Waals surface area contributed by atoms with Gasteiger partial charge in [0.2, 0.25) is 0 Å². The van der Waals surface area contributed by atoms with Crippen LogP contribution in [0.15, 0.2) is 72.9 Å². The third kappa shape index (κ3) is 3.06. The highest BCUT2D eigenvalue weighted by Crippen LogP contribution is 2.37. The quantitative estimate of drug-likeness (QED) is 0.516. The van der Waals surface area contributed by atoms with Gasteiger partial charge < -0.3 is 4.74 Å². The maximum atomic E-state index is 6.79. The fraction of sp³-hybridized carbons (Fsp3) is 0.0588. The van der Waals surface area contributed by atoms with Crippen LogP contribution in [0.25, 0.3) is 0 Å². The molecule has 1 atom stereocenters. The normalized spacial score (nSPS) is 13.4.